The second-order valence-electron chi connectivity index (χ2n) is 5.43. The van der Waals surface area contributed by atoms with E-state index in [1.807, 2.05) is 0 Å². The van der Waals surface area contributed by atoms with Crippen molar-refractivity contribution in [3.8, 4) is 0 Å². The smallest absolute Gasteiger partial charge is 0.345 e. The molecule has 0 unspecified atom stereocenters. The lowest BCUT2D eigenvalue weighted by atomic mass is 9.98. The van der Waals surface area contributed by atoms with Crippen LogP contribution in [-0.2, 0) is 10.0 Å². The highest BCUT2D eigenvalue weighted by atomic mass is 32.2. The molecule has 1 aromatic rings. The van der Waals surface area contributed by atoms with Crippen LogP contribution in [-0.4, -0.2) is 51.1 Å². The van der Waals surface area contributed by atoms with E-state index in [0.717, 1.165) is 37.3 Å². The Labute approximate surface area is 128 Å². The number of likely N-dealkylation sites (tertiary alicyclic amines) is 1. The number of nitrogens with one attached hydrogen (secondary N) is 1. The zero-order valence-corrected chi connectivity index (χ0v) is 13.8. The molecule has 118 valence electrons. The fraction of sp³-hybridized carbons (Fsp3) is 0.615. The van der Waals surface area contributed by atoms with E-state index in [4.69, 9.17) is 5.11 Å². The maximum absolute atomic E-state index is 12.3. The molecule has 2 N–H and O–H groups in total. The van der Waals surface area contributed by atoms with Crippen molar-refractivity contribution in [1.29, 1.82) is 0 Å². The van der Waals surface area contributed by atoms with Crippen LogP contribution in [0.25, 0.3) is 0 Å². The van der Waals surface area contributed by atoms with Crippen molar-refractivity contribution in [2.24, 2.45) is 5.92 Å². The molecule has 1 saturated heterocycles. The number of sulfonamides is 1. The third kappa shape index (κ3) is 4.03. The van der Waals surface area contributed by atoms with E-state index in [0.29, 0.717) is 17.3 Å². The molecule has 21 heavy (non-hydrogen) atoms. The molecule has 0 spiro atoms. The first-order chi connectivity index (χ1) is 9.79. The average molecular weight is 332 g/mol. The summed E-state index contributed by atoms with van der Waals surface area (Å²) < 4.78 is 27.2. The van der Waals surface area contributed by atoms with Crippen LogP contribution < -0.4 is 4.72 Å². The van der Waals surface area contributed by atoms with Crippen LogP contribution in [0, 0.1) is 12.8 Å². The number of nitrogens with zero attached hydrogens (tertiary/aromatic N) is 1. The van der Waals surface area contributed by atoms with Gasteiger partial charge in [0.2, 0.25) is 10.0 Å². The van der Waals surface area contributed by atoms with Gasteiger partial charge in [-0.25, -0.2) is 17.9 Å². The highest BCUT2D eigenvalue weighted by molar-refractivity contribution is 7.89. The van der Waals surface area contributed by atoms with Crippen molar-refractivity contribution in [2.75, 3.05) is 26.7 Å². The first kappa shape index (κ1) is 16.4. The minimum atomic E-state index is -3.63. The van der Waals surface area contributed by atoms with Crippen molar-refractivity contribution in [3.05, 3.63) is 15.8 Å². The fourth-order valence-electron chi connectivity index (χ4n) is 2.41. The van der Waals surface area contributed by atoms with Gasteiger partial charge in [-0.15, -0.1) is 11.3 Å². The van der Waals surface area contributed by atoms with Crippen LogP contribution in [0.2, 0.25) is 0 Å². The minimum Gasteiger partial charge on any atom is -0.477 e. The summed E-state index contributed by atoms with van der Waals surface area (Å²) >= 11 is 0.986. The summed E-state index contributed by atoms with van der Waals surface area (Å²) in [5.74, 6) is -0.756. The summed E-state index contributed by atoms with van der Waals surface area (Å²) in [6, 6.07) is 1.24. The number of hydrogen-bond donors (Lipinski definition) is 2. The van der Waals surface area contributed by atoms with Gasteiger partial charge in [0.05, 0.1) is 4.90 Å². The summed E-state index contributed by atoms with van der Waals surface area (Å²) in [4.78, 5) is 13.8. The Bertz CT molecular complexity index is 616. The highest BCUT2D eigenvalue weighted by Gasteiger charge is 2.24. The van der Waals surface area contributed by atoms with Crippen molar-refractivity contribution >= 4 is 27.3 Å². The predicted octanol–water partition coefficient (Wildman–Crippen LogP) is 1.37. The molecule has 0 amide bonds. The minimum absolute atomic E-state index is 0.0483. The Kier molecular flexibility index (Phi) is 5.03. The van der Waals surface area contributed by atoms with Gasteiger partial charge in [0.15, 0.2) is 0 Å². The molecule has 0 radical (unpaired) electrons. The number of carboxylic acids is 1. The number of carboxylic acid groups (broad SMARTS) is 1. The standard InChI is InChI=1S/C13H20N2O4S2/c1-9-12(7-11(20-9)13(16)17)21(18,19)14-8-10-3-5-15(2)6-4-10/h7,10,14H,3-6,8H2,1-2H3,(H,16,17). The van der Waals surface area contributed by atoms with E-state index in [-0.39, 0.29) is 9.77 Å². The molecule has 2 rings (SSSR count). The molecule has 0 bridgehead atoms. The SMILES string of the molecule is Cc1sc(C(=O)O)cc1S(=O)(=O)NCC1CCN(C)CC1. The van der Waals surface area contributed by atoms with Gasteiger partial charge in [-0.2, -0.15) is 0 Å². The quantitative estimate of drug-likeness (QED) is 0.850. The van der Waals surface area contributed by atoms with Gasteiger partial charge in [-0.1, -0.05) is 0 Å². The summed E-state index contributed by atoms with van der Waals surface area (Å²) in [5, 5.41) is 8.94. The molecule has 0 atom stereocenters. The van der Waals surface area contributed by atoms with Crippen molar-refractivity contribution in [3.63, 3.8) is 0 Å². The lowest BCUT2D eigenvalue weighted by molar-refractivity contribution is 0.0702. The van der Waals surface area contributed by atoms with Crippen LogP contribution in [0.1, 0.15) is 27.4 Å². The number of thiophene rings is 1. The van der Waals surface area contributed by atoms with Gasteiger partial charge in [0.1, 0.15) is 4.88 Å². The maximum Gasteiger partial charge on any atom is 0.345 e. The van der Waals surface area contributed by atoms with Gasteiger partial charge < -0.3 is 10.0 Å². The highest BCUT2D eigenvalue weighted by Crippen LogP contribution is 2.26. The van der Waals surface area contributed by atoms with Gasteiger partial charge in [-0.05, 0) is 51.9 Å². The number of rotatable bonds is 5. The van der Waals surface area contributed by atoms with E-state index in [1.165, 1.54) is 6.07 Å². The molecule has 8 heteroatoms. The molecular formula is C13H20N2O4S2. The summed E-state index contributed by atoms with van der Waals surface area (Å²) in [6.07, 6.45) is 1.95. The third-order valence-corrected chi connectivity index (χ3v) is 6.49. The van der Waals surface area contributed by atoms with E-state index in [9.17, 15) is 13.2 Å². The monoisotopic (exact) mass is 332 g/mol. The van der Waals surface area contributed by atoms with Crippen molar-refractivity contribution in [1.82, 2.24) is 9.62 Å². The summed E-state index contributed by atoms with van der Waals surface area (Å²) in [7, 11) is -1.57. The van der Waals surface area contributed by atoms with Crippen molar-refractivity contribution < 1.29 is 18.3 Å². The molecule has 6 nitrogen and oxygen atoms in total. The van der Waals surface area contributed by atoms with Gasteiger partial charge in [0.25, 0.3) is 0 Å². The Morgan fingerprint density at radius 3 is 2.62 bits per heavy atom. The second kappa shape index (κ2) is 6.43. The molecule has 2 heterocycles. The molecule has 0 aliphatic carbocycles. The number of carbonyl (C=O) groups is 1. The van der Waals surface area contributed by atoms with Gasteiger partial charge in [0, 0.05) is 11.4 Å². The lowest BCUT2D eigenvalue weighted by Gasteiger charge is -2.28. The second-order valence-corrected chi connectivity index (χ2v) is 8.43. The van der Waals surface area contributed by atoms with E-state index < -0.39 is 16.0 Å². The normalized spacial score (nSPS) is 18.0. The molecule has 1 fully saturated rings. The average Bonchev–Trinajstić information content (AvgIpc) is 2.81. The Morgan fingerprint density at radius 1 is 1.48 bits per heavy atom. The van der Waals surface area contributed by atoms with Crippen LogP contribution in [0.5, 0.6) is 0 Å². The van der Waals surface area contributed by atoms with E-state index in [2.05, 4.69) is 16.7 Å². The third-order valence-electron chi connectivity index (χ3n) is 3.77. The predicted molar refractivity (Wildman–Crippen MR) is 81.4 cm³/mol. The molecule has 1 aliphatic heterocycles. The van der Waals surface area contributed by atoms with Crippen LogP contribution >= 0.6 is 11.3 Å². The van der Waals surface area contributed by atoms with Crippen LogP contribution in [0.4, 0.5) is 0 Å². The van der Waals surface area contributed by atoms with Gasteiger partial charge >= 0.3 is 5.97 Å². The Morgan fingerprint density at radius 2 is 2.10 bits per heavy atom. The summed E-state index contributed by atoms with van der Waals surface area (Å²) in [5.41, 5.74) is 0. The zero-order chi connectivity index (χ0) is 15.6. The fourth-order valence-corrected chi connectivity index (χ4v) is 4.95. The van der Waals surface area contributed by atoms with E-state index in [1.54, 1.807) is 6.92 Å². The number of aryl methyl sites for hydroxylation is 1. The Hall–Kier alpha value is -0.960. The molecular weight excluding hydrogens is 312 g/mol. The Balaban J connectivity index is 2.03. The largest absolute Gasteiger partial charge is 0.477 e. The molecule has 1 aliphatic rings. The number of hydrogen-bond acceptors (Lipinski definition) is 5. The van der Waals surface area contributed by atoms with Crippen LogP contribution in [0.3, 0.4) is 0 Å². The maximum atomic E-state index is 12.3. The van der Waals surface area contributed by atoms with Crippen molar-refractivity contribution in [2.45, 2.75) is 24.7 Å². The molecule has 1 aromatic heterocycles. The van der Waals surface area contributed by atoms with E-state index >= 15 is 0 Å². The number of aromatic carboxylic acids is 1. The topological polar surface area (TPSA) is 86.7 Å². The summed E-state index contributed by atoms with van der Waals surface area (Å²) in [6.45, 7) is 4.00. The molecule has 0 saturated carbocycles. The van der Waals surface area contributed by atoms with Crippen LogP contribution in [0.15, 0.2) is 11.0 Å². The molecule has 0 aromatic carbocycles. The lowest BCUT2D eigenvalue weighted by Crippen LogP contribution is -2.36. The number of piperidine rings is 1. The first-order valence-electron chi connectivity index (χ1n) is 6.81. The van der Waals surface area contributed by atoms with Gasteiger partial charge in [-0.3, -0.25) is 0 Å². The first-order valence-corrected chi connectivity index (χ1v) is 9.11. The zero-order valence-electron chi connectivity index (χ0n) is 12.1.